The summed E-state index contributed by atoms with van der Waals surface area (Å²) >= 11 is 0. The van der Waals surface area contributed by atoms with Crippen molar-refractivity contribution >= 4 is 23.0 Å². The first-order chi connectivity index (χ1) is 17.4. The summed E-state index contributed by atoms with van der Waals surface area (Å²) in [5.41, 5.74) is 5.55. The summed E-state index contributed by atoms with van der Waals surface area (Å²) in [6.07, 6.45) is 3.05. The second-order valence-corrected chi connectivity index (χ2v) is 12.0. The number of aromatic hydroxyl groups is 1. The van der Waals surface area contributed by atoms with Crippen LogP contribution in [-0.2, 0) is 22.0 Å². The molecule has 37 heavy (non-hydrogen) atoms. The number of hydrogen-bond acceptors (Lipinski definition) is 3. The Labute approximate surface area is 223 Å². The van der Waals surface area contributed by atoms with Gasteiger partial charge < -0.3 is 15.3 Å². The van der Waals surface area contributed by atoms with E-state index < -0.39 is 0 Å². The van der Waals surface area contributed by atoms with Crippen molar-refractivity contribution in [1.29, 1.82) is 0 Å². The molecule has 0 fully saturated rings. The van der Waals surface area contributed by atoms with Crippen LogP contribution >= 0.6 is 0 Å². The number of nitrogens with one attached hydrogen (secondary N) is 1. The molecule has 2 N–H and O–H groups in total. The van der Waals surface area contributed by atoms with Crippen molar-refractivity contribution in [1.82, 2.24) is 0 Å². The van der Waals surface area contributed by atoms with Crippen LogP contribution in [0.1, 0.15) is 84.4 Å². The van der Waals surface area contributed by atoms with Gasteiger partial charge in [-0.25, -0.2) is 0 Å². The van der Waals surface area contributed by atoms with Crippen LogP contribution in [-0.4, -0.2) is 17.6 Å². The molecule has 0 spiro atoms. The standard InChI is InChI=1S/C33H44N2O2/c1-8-9-21-35(27-18-16-26(17-19-27)34-25-13-11-10-12-14-25)30(36)20-15-24-22-28(32(2,3)4)31(37)29(23-24)33(5,6)7/h10-14,16-19,22-23,34,37H,8-9,15,20-21H2,1-7H3. The van der Waals surface area contributed by atoms with Gasteiger partial charge in [-0.3, -0.25) is 4.79 Å². The highest BCUT2D eigenvalue weighted by Gasteiger charge is 2.27. The molecule has 0 saturated heterocycles. The van der Waals surface area contributed by atoms with Gasteiger partial charge in [-0.15, -0.1) is 0 Å². The van der Waals surface area contributed by atoms with Gasteiger partial charge in [-0.1, -0.05) is 85.2 Å². The van der Waals surface area contributed by atoms with Crippen molar-refractivity contribution in [3.05, 3.63) is 83.4 Å². The van der Waals surface area contributed by atoms with Crippen LogP contribution < -0.4 is 10.2 Å². The first-order valence-electron chi connectivity index (χ1n) is 13.5. The number of unbranched alkanes of at least 4 members (excludes halogenated alkanes) is 1. The number of benzene rings is 3. The van der Waals surface area contributed by atoms with Crippen molar-refractivity contribution in [2.24, 2.45) is 0 Å². The maximum atomic E-state index is 13.5. The van der Waals surface area contributed by atoms with Crippen molar-refractivity contribution in [2.45, 2.75) is 85.0 Å². The van der Waals surface area contributed by atoms with Gasteiger partial charge in [-0.05, 0) is 76.8 Å². The van der Waals surface area contributed by atoms with Gasteiger partial charge in [0.25, 0.3) is 0 Å². The highest BCUT2D eigenvalue weighted by atomic mass is 16.3. The van der Waals surface area contributed by atoms with E-state index in [4.69, 9.17) is 0 Å². The lowest BCUT2D eigenvalue weighted by molar-refractivity contribution is -0.118. The third kappa shape index (κ3) is 7.61. The fraction of sp³-hybridized carbons (Fsp3) is 0.424. The maximum absolute atomic E-state index is 13.5. The number of para-hydroxylation sites is 1. The summed E-state index contributed by atoms with van der Waals surface area (Å²) in [6, 6.07) is 22.3. The second-order valence-electron chi connectivity index (χ2n) is 12.0. The van der Waals surface area contributed by atoms with Crippen LogP contribution in [0, 0.1) is 0 Å². The van der Waals surface area contributed by atoms with E-state index in [1.807, 2.05) is 59.5 Å². The number of anilines is 3. The van der Waals surface area contributed by atoms with Crippen molar-refractivity contribution in [3.63, 3.8) is 0 Å². The molecule has 0 aliphatic rings. The largest absolute Gasteiger partial charge is 0.507 e. The minimum atomic E-state index is -0.188. The molecule has 0 aliphatic heterocycles. The van der Waals surface area contributed by atoms with Crippen molar-refractivity contribution in [2.75, 3.05) is 16.8 Å². The third-order valence-corrected chi connectivity index (χ3v) is 6.69. The quantitative estimate of drug-likeness (QED) is 0.310. The molecule has 4 heteroatoms. The smallest absolute Gasteiger partial charge is 0.227 e. The van der Waals surface area contributed by atoms with Gasteiger partial charge >= 0.3 is 0 Å². The number of aryl methyl sites for hydroxylation is 1. The van der Waals surface area contributed by atoms with E-state index >= 15 is 0 Å². The lowest BCUT2D eigenvalue weighted by atomic mass is 9.78. The predicted octanol–water partition coefficient (Wildman–Crippen LogP) is 8.50. The summed E-state index contributed by atoms with van der Waals surface area (Å²) in [5.74, 6) is 0.503. The SMILES string of the molecule is CCCCN(C(=O)CCc1cc(C(C)(C)C)c(O)c(C(C)(C)C)c1)c1ccc(Nc2ccccc2)cc1. The molecular weight excluding hydrogens is 456 g/mol. The maximum Gasteiger partial charge on any atom is 0.227 e. The Morgan fingerprint density at radius 2 is 1.38 bits per heavy atom. The Hall–Kier alpha value is -3.27. The first kappa shape index (κ1) is 28.3. The lowest BCUT2D eigenvalue weighted by Gasteiger charge is -2.28. The van der Waals surface area contributed by atoms with E-state index in [9.17, 15) is 9.90 Å². The van der Waals surface area contributed by atoms with Crippen LogP contribution in [0.15, 0.2) is 66.7 Å². The van der Waals surface area contributed by atoms with Crippen LogP contribution in [0.2, 0.25) is 0 Å². The number of carbonyl (C=O) groups is 1. The van der Waals surface area contributed by atoms with E-state index in [1.54, 1.807) is 0 Å². The van der Waals surface area contributed by atoms with E-state index in [2.05, 4.69) is 65.9 Å². The van der Waals surface area contributed by atoms with Gasteiger partial charge in [0.2, 0.25) is 5.91 Å². The van der Waals surface area contributed by atoms with Gasteiger partial charge in [0, 0.05) is 30.0 Å². The number of amides is 1. The summed E-state index contributed by atoms with van der Waals surface area (Å²) < 4.78 is 0. The lowest BCUT2D eigenvalue weighted by Crippen LogP contribution is -2.32. The van der Waals surface area contributed by atoms with Crippen molar-refractivity contribution in [3.8, 4) is 5.75 Å². The summed E-state index contributed by atoms with van der Waals surface area (Å²) in [6.45, 7) is 15.6. The zero-order valence-electron chi connectivity index (χ0n) is 23.7. The predicted molar refractivity (Wildman–Crippen MR) is 157 cm³/mol. The van der Waals surface area contributed by atoms with Crippen LogP contribution in [0.25, 0.3) is 0 Å². The van der Waals surface area contributed by atoms with Gasteiger partial charge in [-0.2, -0.15) is 0 Å². The fourth-order valence-corrected chi connectivity index (χ4v) is 4.50. The van der Waals surface area contributed by atoms with Gasteiger partial charge in [0.05, 0.1) is 0 Å². The van der Waals surface area contributed by atoms with Gasteiger partial charge in [0.15, 0.2) is 0 Å². The summed E-state index contributed by atoms with van der Waals surface area (Å²) in [4.78, 5) is 15.4. The molecule has 0 heterocycles. The molecule has 0 aromatic heterocycles. The highest BCUT2D eigenvalue weighted by Crippen LogP contribution is 2.40. The highest BCUT2D eigenvalue weighted by molar-refractivity contribution is 5.93. The number of carbonyl (C=O) groups excluding carboxylic acids is 1. The average Bonchev–Trinajstić information content (AvgIpc) is 2.83. The number of hydrogen-bond donors (Lipinski definition) is 2. The number of nitrogens with zero attached hydrogens (tertiary/aromatic N) is 1. The molecule has 3 aromatic rings. The van der Waals surface area contributed by atoms with E-state index in [0.717, 1.165) is 46.6 Å². The van der Waals surface area contributed by atoms with E-state index in [1.165, 1.54) is 0 Å². The molecule has 0 aliphatic carbocycles. The number of rotatable bonds is 9. The third-order valence-electron chi connectivity index (χ3n) is 6.69. The molecule has 0 unspecified atom stereocenters. The minimum absolute atomic E-state index is 0.125. The molecule has 198 valence electrons. The van der Waals surface area contributed by atoms with Crippen LogP contribution in [0.4, 0.5) is 17.1 Å². The van der Waals surface area contributed by atoms with E-state index in [-0.39, 0.29) is 16.7 Å². The Morgan fingerprint density at radius 1 is 0.838 bits per heavy atom. The van der Waals surface area contributed by atoms with Gasteiger partial charge in [0.1, 0.15) is 5.75 Å². The summed E-state index contributed by atoms with van der Waals surface area (Å²) in [5, 5.41) is 14.4. The fourth-order valence-electron chi connectivity index (χ4n) is 4.50. The molecule has 1 amide bonds. The number of phenols is 1. The normalized spacial score (nSPS) is 11.9. The average molecular weight is 501 g/mol. The number of phenolic OH excluding ortho intramolecular Hbond substituents is 1. The topological polar surface area (TPSA) is 52.6 Å². The first-order valence-corrected chi connectivity index (χ1v) is 13.5. The zero-order valence-corrected chi connectivity index (χ0v) is 23.7. The molecule has 0 atom stereocenters. The van der Waals surface area contributed by atoms with E-state index in [0.29, 0.717) is 25.1 Å². The monoisotopic (exact) mass is 500 g/mol. The van der Waals surface area contributed by atoms with Crippen LogP contribution in [0.5, 0.6) is 5.75 Å². The Bertz CT molecular complexity index is 1130. The van der Waals surface area contributed by atoms with Crippen LogP contribution in [0.3, 0.4) is 0 Å². The molecule has 3 rings (SSSR count). The molecule has 0 saturated carbocycles. The summed E-state index contributed by atoms with van der Waals surface area (Å²) in [7, 11) is 0. The molecule has 3 aromatic carbocycles. The Balaban J connectivity index is 1.79. The minimum Gasteiger partial charge on any atom is -0.507 e. The molecular formula is C33H44N2O2. The molecule has 4 nitrogen and oxygen atoms in total. The second kappa shape index (κ2) is 11.9. The van der Waals surface area contributed by atoms with Crippen molar-refractivity contribution < 1.29 is 9.90 Å². The molecule has 0 bridgehead atoms. The Morgan fingerprint density at radius 3 is 1.89 bits per heavy atom. The zero-order chi connectivity index (χ0) is 27.2. The molecule has 0 radical (unpaired) electrons. The Kier molecular flexibility index (Phi) is 9.07.